The van der Waals surface area contributed by atoms with E-state index in [1.165, 1.54) is 38.8 Å². The van der Waals surface area contributed by atoms with E-state index in [0.29, 0.717) is 0 Å². The van der Waals surface area contributed by atoms with Crippen molar-refractivity contribution in [2.75, 3.05) is 20.1 Å². The average Bonchev–Trinajstić information content (AvgIpc) is 2.05. The monoisotopic (exact) mass is 169 g/mol. The van der Waals surface area contributed by atoms with E-state index in [-0.39, 0.29) is 0 Å². The van der Waals surface area contributed by atoms with Crippen LogP contribution >= 0.6 is 0 Å². The fourth-order valence-corrected chi connectivity index (χ4v) is 1.19. The van der Waals surface area contributed by atoms with Crippen LogP contribution in [0.2, 0.25) is 0 Å². The van der Waals surface area contributed by atoms with Gasteiger partial charge in [-0.05, 0) is 32.9 Å². The van der Waals surface area contributed by atoms with Crippen LogP contribution in [-0.4, -0.2) is 25.0 Å². The molecule has 0 aliphatic rings. The normalized spacial score (nSPS) is 11.7. The van der Waals surface area contributed by atoms with Gasteiger partial charge < -0.3 is 4.90 Å². The molecule has 0 rings (SSSR count). The van der Waals surface area contributed by atoms with Crippen molar-refractivity contribution in [2.45, 2.75) is 39.5 Å². The Kier molecular flexibility index (Phi) is 8.57. The van der Waals surface area contributed by atoms with Crippen LogP contribution < -0.4 is 0 Å². The second kappa shape index (κ2) is 8.79. The number of rotatable bonds is 7. The van der Waals surface area contributed by atoms with E-state index in [1.54, 1.807) is 0 Å². The van der Waals surface area contributed by atoms with Crippen LogP contribution in [0.4, 0.5) is 0 Å². The Bertz CT molecular complexity index is 108. The molecule has 1 nitrogen and oxygen atoms in total. The lowest BCUT2D eigenvalue weighted by Crippen LogP contribution is -2.19. The van der Waals surface area contributed by atoms with Crippen molar-refractivity contribution in [3.8, 4) is 0 Å². The molecule has 0 atom stereocenters. The molecule has 0 saturated heterocycles. The first-order chi connectivity index (χ1) is 5.81. The topological polar surface area (TPSA) is 3.24 Å². The molecule has 72 valence electrons. The number of hydrogen-bond acceptors (Lipinski definition) is 1. The summed E-state index contributed by atoms with van der Waals surface area (Å²) in [5, 5.41) is 0. The van der Waals surface area contributed by atoms with Crippen molar-refractivity contribution in [1.29, 1.82) is 0 Å². The third-order valence-electron chi connectivity index (χ3n) is 1.90. The van der Waals surface area contributed by atoms with Crippen molar-refractivity contribution < 1.29 is 0 Å². The van der Waals surface area contributed by atoms with Crippen molar-refractivity contribution in [3.63, 3.8) is 0 Å². The Balaban J connectivity index is 3.17. The quantitative estimate of drug-likeness (QED) is 0.529. The molecule has 0 radical (unpaired) electrons. The Morgan fingerprint density at radius 2 is 1.58 bits per heavy atom. The smallest absolute Gasteiger partial charge is 0.00128 e. The Morgan fingerprint density at radius 1 is 0.917 bits per heavy atom. The zero-order valence-electron chi connectivity index (χ0n) is 8.84. The molecule has 0 amide bonds. The number of unbranched alkanes of at least 4 members (excludes halogenated alkanes) is 1. The fourth-order valence-electron chi connectivity index (χ4n) is 1.19. The highest BCUT2D eigenvalue weighted by molar-refractivity contribution is 4.81. The van der Waals surface area contributed by atoms with Gasteiger partial charge in [0.2, 0.25) is 0 Å². The molecular formula is C11H23N. The van der Waals surface area contributed by atoms with Gasteiger partial charge in [0.05, 0.1) is 0 Å². The molecule has 0 heterocycles. The summed E-state index contributed by atoms with van der Waals surface area (Å²) in [5.41, 5.74) is 0. The molecule has 0 saturated carbocycles. The van der Waals surface area contributed by atoms with Crippen LogP contribution in [0.1, 0.15) is 39.5 Å². The molecule has 12 heavy (non-hydrogen) atoms. The summed E-state index contributed by atoms with van der Waals surface area (Å²) in [6.07, 6.45) is 9.56. The molecule has 1 heteroatoms. The summed E-state index contributed by atoms with van der Waals surface area (Å²) < 4.78 is 0. The van der Waals surface area contributed by atoms with Gasteiger partial charge >= 0.3 is 0 Å². The summed E-state index contributed by atoms with van der Waals surface area (Å²) in [6, 6.07) is 0. The lowest BCUT2D eigenvalue weighted by atomic mass is 10.3. The maximum atomic E-state index is 2.39. The van der Waals surface area contributed by atoms with E-state index in [4.69, 9.17) is 0 Å². The van der Waals surface area contributed by atoms with E-state index in [1.807, 2.05) is 0 Å². The van der Waals surface area contributed by atoms with Crippen molar-refractivity contribution in [2.24, 2.45) is 0 Å². The first-order valence-electron chi connectivity index (χ1n) is 5.14. The van der Waals surface area contributed by atoms with Crippen LogP contribution in [0.3, 0.4) is 0 Å². The summed E-state index contributed by atoms with van der Waals surface area (Å²) >= 11 is 0. The minimum atomic E-state index is 1.20. The third kappa shape index (κ3) is 7.80. The molecule has 0 aromatic heterocycles. The van der Waals surface area contributed by atoms with Crippen LogP contribution in [-0.2, 0) is 0 Å². The van der Waals surface area contributed by atoms with E-state index in [9.17, 15) is 0 Å². The van der Waals surface area contributed by atoms with Gasteiger partial charge in [-0.1, -0.05) is 32.4 Å². The van der Waals surface area contributed by atoms with E-state index >= 15 is 0 Å². The summed E-state index contributed by atoms with van der Waals surface area (Å²) in [7, 11) is 2.19. The Hall–Kier alpha value is -0.300. The summed E-state index contributed by atoms with van der Waals surface area (Å²) in [6.45, 7) is 6.87. The zero-order valence-corrected chi connectivity index (χ0v) is 8.84. The van der Waals surface area contributed by atoms with Crippen molar-refractivity contribution in [1.82, 2.24) is 4.90 Å². The fraction of sp³-hybridized carbons (Fsp3) is 0.818. The summed E-state index contributed by atoms with van der Waals surface area (Å²) in [4.78, 5) is 2.39. The minimum absolute atomic E-state index is 1.20. The van der Waals surface area contributed by atoms with E-state index in [0.717, 1.165) is 0 Å². The molecular weight excluding hydrogens is 146 g/mol. The Morgan fingerprint density at radius 3 is 2.17 bits per heavy atom. The maximum Gasteiger partial charge on any atom is 0.00128 e. The molecule has 0 spiro atoms. The highest BCUT2D eigenvalue weighted by Gasteiger charge is 1.92. The molecule has 0 aromatic carbocycles. The second-order valence-corrected chi connectivity index (χ2v) is 3.35. The van der Waals surface area contributed by atoms with Gasteiger partial charge in [-0.2, -0.15) is 0 Å². The molecule has 0 aliphatic carbocycles. The Labute approximate surface area is 77.5 Å². The average molecular weight is 169 g/mol. The maximum absolute atomic E-state index is 2.39. The standard InChI is InChI=1S/C11H23N/c1-4-6-7-8-9-11-12(3)10-5-2/h7-8H,4-6,9-11H2,1-3H3/b8-7+. The molecule has 0 bridgehead atoms. The van der Waals surface area contributed by atoms with Gasteiger partial charge in [-0.15, -0.1) is 0 Å². The number of allylic oxidation sites excluding steroid dienone is 1. The SMILES string of the molecule is CCC/C=C/CCN(C)CCC. The van der Waals surface area contributed by atoms with E-state index in [2.05, 4.69) is 37.9 Å². The van der Waals surface area contributed by atoms with Crippen LogP contribution in [0.5, 0.6) is 0 Å². The predicted octanol–water partition coefficient (Wildman–Crippen LogP) is 3.07. The predicted molar refractivity (Wildman–Crippen MR) is 56.5 cm³/mol. The molecule has 0 aromatic rings. The van der Waals surface area contributed by atoms with Crippen molar-refractivity contribution >= 4 is 0 Å². The summed E-state index contributed by atoms with van der Waals surface area (Å²) in [5.74, 6) is 0. The molecule has 0 N–H and O–H groups in total. The van der Waals surface area contributed by atoms with Gasteiger partial charge in [0.1, 0.15) is 0 Å². The van der Waals surface area contributed by atoms with Gasteiger partial charge in [0.15, 0.2) is 0 Å². The highest BCUT2D eigenvalue weighted by atomic mass is 15.1. The highest BCUT2D eigenvalue weighted by Crippen LogP contribution is 1.94. The van der Waals surface area contributed by atoms with E-state index < -0.39 is 0 Å². The van der Waals surface area contributed by atoms with Gasteiger partial charge in [0.25, 0.3) is 0 Å². The third-order valence-corrected chi connectivity index (χ3v) is 1.90. The first-order valence-corrected chi connectivity index (χ1v) is 5.14. The zero-order chi connectivity index (χ0) is 9.23. The van der Waals surface area contributed by atoms with Crippen LogP contribution in [0.15, 0.2) is 12.2 Å². The van der Waals surface area contributed by atoms with Crippen LogP contribution in [0.25, 0.3) is 0 Å². The van der Waals surface area contributed by atoms with Crippen molar-refractivity contribution in [3.05, 3.63) is 12.2 Å². The minimum Gasteiger partial charge on any atom is -0.306 e. The molecule has 0 aliphatic heterocycles. The van der Waals surface area contributed by atoms with Crippen LogP contribution in [0, 0.1) is 0 Å². The van der Waals surface area contributed by atoms with Gasteiger partial charge in [0, 0.05) is 6.54 Å². The largest absolute Gasteiger partial charge is 0.306 e. The number of nitrogens with zero attached hydrogens (tertiary/aromatic N) is 1. The molecule has 0 unspecified atom stereocenters. The lowest BCUT2D eigenvalue weighted by molar-refractivity contribution is 0.341. The van der Waals surface area contributed by atoms with Gasteiger partial charge in [-0.25, -0.2) is 0 Å². The number of hydrogen-bond donors (Lipinski definition) is 0. The first kappa shape index (κ1) is 11.7. The van der Waals surface area contributed by atoms with Gasteiger partial charge in [-0.3, -0.25) is 0 Å². The lowest BCUT2D eigenvalue weighted by Gasteiger charge is -2.13. The second-order valence-electron chi connectivity index (χ2n) is 3.35. The molecule has 0 fully saturated rings.